The van der Waals surface area contributed by atoms with Crippen molar-refractivity contribution < 1.29 is 9.18 Å². The molecule has 122 valence electrons. The zero-order chi connectivity index (χ0) is 16.8. The van der Waals surface area contributed by atoms with Crippen LogP contribution in [0, 0.1) is 5.82 Å². The van der Waals surface area contributed by atoms with Crippen molar-refractivity contribution >= 4 is 29.0 Å². The first kappa shape index (κ1) is 16.7. The SMILES string of the molecule is O=C(CSc1ccc(F)cc1)NC(c1ccccc1)c1cccs1. The summed E-state index contributed by atoms with van der Waals surface area (Å²) < 4.78 is 12.9. The largest absolute Gasteiger partial charge is 0.344 e. The number of hydrogen-bond donors (Lipinski definition) is 1. The van der Waals surface area contributed by atoms with E-state index in [2.05, 4.69) is 5.32 Å². The maximum absolute atomic E-state index is 12.9. The Morgan fingerprint density at radius 2 is 1.79 bits per heavy atom. The second-order valence-corrected chi connectivity index (χ2v) is 7.20. The second kappa shape index (κ2) is 8.13. The minimum atomic E-state index is -0.273. The van der Waals surface area contributed by atoms with Crippen molar-refractivity contribution in [1.82, 2.24) is 5.32 Å². The number of thiophene rings is 1. The van der Waals surface area contributed by atoms with E-state index in [1.807, 2.05) is 47.8 Å². The number of nitrogens with one attached hydrogen (secondary N) is 1. The summed E-state index contributed by atoms with van der Waals surface area (Å²) in [4.78, 5) is 14.3. The molecular formula is C19H16FNOS2. The molecule has 1 N–H and O–H groups in total. The smallest absolute Gasteiger partial charge is 0.231 e. The number of hydrogen-bond acceptors (Lipinski definition) is 3. The van der Waals surface area contributed by atoms with Crippen LogP contribution in [-0.2, 0) is 4.79 Å². The minimum Gasteiger partial charge on any atom is -0.344 e. The summed E-state index contributed by atoms with van der Waals surface area (Å²) in [5.74, 6) is -0.0300. The molecule has 0 radical (unpaired) electrons. The summed E-state index contributed by atoms with van der Waals surface area (Å²) in [6, 6.07) is 19.9. The molecule has 1 unspecified atom stereocenters. The van der Waals surface area contributed by atoms with Gasteiger partial charge >= 0.3 is 0 Å². The van der Waals surface area contributed by atoms with Crippen LogP contribution in [0.2, 0.25) is 0 Å². The monoisotopic (exact) mass is 357 g/mol. The Morgan fingerprint density at radius 1 is 1.04 bits per heavy atom. The van der Waals surface area contributed by atoms with Gasteiger partial charge in [-0.1, -0.05) is 36.4 Å². The maximum atomic E-state index is 12.9. The average Bonchev–Trinajstić information content (AvgIpc) is 3.14. The van der Waals surface area contributed by atoms with E-state index in [0.717, 1.165) is 15.3 Å². The van der Waals surface area contributed by atoms with Crippen molar-refractivity contribution in [2.45, 2.75) is 10.9 Å². The molecule has 0 fully saturated rings. The molecule has 5 heteroatoms. The minimum absolute atomic E-state index is 0.0495. The highest BCUT2D eigenvalue weighted by Gasteiger charge is 2.17. The van der Waals surface area contributed by atoms with Gasteiger partial charge in [0.25, 0.3) is 0 Å². The average molecular weight is 357 g/mol. The molecule has 2 nitrogen and oxygen atoms in total. The second-order valence-electron chi connectivity index (χ2n) is 5.17. The Bertz CT molecular complexity index is 773. The van der Waals surface area contributed by atoms with E-state index in [9.17, 15) is 9.18 Å². The third-order valence-corrected chi connectivity index (χ3v) is 5.40. The van der Waals surface area contributed by atoms with E-state index in [1.165, 1.54) is 23.9 Å². The van der Waals surface area contributed by atoms with Crippen molar-refractivity contribution in [1.29, 1.82) is 0 Å². The first-order chi connectivity index (χ1) is 11.7. The number of halogens is 1. The summed E-state index contributed by atoms with van der Waals surface area (Å²) in [6.45, 7) is 0. The molecule has 0 saturated carbocycles. The molecule has 0 aliphatic heterocycles. The third-order valence-electron chi connectivity index (χ3n) is 3.45. The van der Waals surface area contributed by atoms with Crippen molar-refractivity contribution in [3.63, 3.8) is 0 Å². The molecule has 24 heavy (non-hydrogen) atoms. The van der Waals surface area contributed by atoms with Gasteiger partial charge in [0.05, 0.1) is 11.8 Å². The molecule has 3 rings (SSSR count). The van der Waals surface area contributed by atoms with Gasteiger partial charge in [-0.15, -0.1) is 23.1 Å². The Hall–Kier alpha value is -2.11. The van der Waals surface area contributed by atoms with Gasteiger partial charge < -0.3 is 5.32 Å². The van der Waals surface area contributed by atoms with Crippen LogP contribution < -0.4 is 5.32 Å². The first-order valence-corrected chi connectivity index (χ1v) is 9.35. The molecule has 0 aliphatic rings. The van der Waals surface area contributed by atoms with Crippen LogP contribution in [0.25, 0.3) is 0 Å². The van der Waals surface area contributed by atoms with Gasteiger partial charge in [0.15, 0.2) is 0 Å². The molecular weight excluding hydrogens is 341 g/mol. The first-order valence-electron chi connectivity index (χ1n) is 7.48. The van der Waals surface area contributed by atoms with Crippen molar-refractivity contribution in [3.05, 3.63) is 88.4 Å². The highest BCUT2D eigenvalue weighted by Crippen LogP contribution is 2.26. The molecule has 0 bridgehead atoms. The van der Waals surface area contributed by atoms with Gasteiger partial charge in [-0.25, -0.2) is 4.39 Å². The number of thioether (sulfide) groups is 1. The lowest BCUT2D eigenvalue weighted by Gasteiger charge is -2.18. The van der Waals surface area contributed by atoms with E-state index in [-0.39, 0.29) is 17.8 Å². The number of carbonyl (C=O) groups excluding carboxylic acids is 1. The Labute approximate surface area is 148 Å². The van der Waals surface area contributed by atoms with Gasteiger partial charge in [0.1, 0.15) is 5.82 Å². The topological polar surface area (TPSA) is 29.1 Å². The maximum Gasteiger partial charge on any atom is 0.231 e. The molecule has 1 atom stereocenters. The number of amides is 1. The number of carbonyl (C=O) groups is 1. The fourth-order valence-corrected chi connectivity index (χ4v) is 3.81. The molecule has 1 amide bonds. The quantitative estimate of drug-likeness (QED) is 0.637. The lowest BCUT2D eigenvalue weighted by molar-refractivity contribution is -0.119. The third kappa shape index (κ3) is 4.46. The van der Waals surface area contributed by atoms with Crippen LogP contribution in [0.1, 0.15) is 16.5 Å². The molecule has 2 aromatic carbocycles. The summed E-state index contributed by atoms with van der Waals surface area (Å²) in [5.41, 5.74) is 1.06. The van der Waals surface area contributed by atoms with Gasteiger partial charge in [-0.3, -0.25) is 4.79 Å². The lowest BCUT2D eigenvalue weighted by Crippen LogP contribution is -2.30. The molecule has 0 spiro atoms. The number of rotatable bonds is 6. The molecule has 3 aromatic rings. The summed E-state index contributed by atoms with van der Waals surface area (Å²) in [6.07, 6.45) is 0. The van der Waals surface area contributed by atoms with Crippen LogP contribution in [-0.4, -0.2) is 11.7 Å². The zero-order valence-corrected chi connectivity index (χ0v) is 14.4. The summed E-state index contributed by atoms with van der Waals surface area (Å²) in [7, 11) is 0. The van der Waals surface area contributed by atoms with E-state index < -0.39 is 0 Å². The van der Waals surface area contributed by atoms with Crippen LogP contribution >= 0.6 is 23.1 Å². The normalized spacial score (nSPS) is 11.9. The molecule has 0 aliphatic carbocycles. The fraction of sp³-hybridized carbons (Fsp3) is 0.105. The zero-order valence-electron chi connectivity index (χ0n) is 12.8. The van der Waals surface area contributed by atoms with Crippen molar-refractivity contribution in [2.24, 2.45) is 0 Å². The van der Waals surface area contributed by atoms with E-state index in [4.69, 9.17) is 0 Å². The van der Waals surface area contributed by atoms with Crippen LogP contribution in [0.5, 0.6) is 0 Å². The Morgan fingerprint density at radius 3 is 2.46 bits per heavy atom. The van der Waals surface area contributed by atoms with E-state index >= 15 is 0 Å². The van der Waals surface area contributed by atoms with Gasteiger partial charge in [0, 0.05) is 9.77 Å². The molecule has 1 aromatic heterocycles. The fourth-order valence-electron chi connectivity index (χ4n) is 2.30. The van der Waals surface area contributed by atoms with Crippen molar-refractivity contribution in [3.8, 4) is 0 Å². The number of benzene rings is 2. The lowest BCUT2D eigenvalue weighted by atomic mass is 10.1. The van der Waals surface area contributed by atoms with Gasteiger partial charge in [-0.05, 0) is 41.3 Å². The van der Waals surface area contributed by atoms with E-state index in [0.29, 0.717) is 5.75 Å². The predicted molar refractivity (Wildman–Crippen MR) is 97.9 cm³/mol. The van der Waals surface area contributed by atoms with Gasteiger partial charge in [0.2, 0.25) is 5.91 Å². The predicted octanol–water partition coefficient (Wildman–Crippen LogP) is 4.89. The Kier molecular flexibility index (Phi) is 5.67. The van der Waals surface area contributed by atoms with Crippen LogP contribution in [0.15, 0.2) is 77.0 Å². The van der Waals surface area contributed by atoms with E-state index in [1.54, 1.807) is 23.5 Å². The van der Waals surface area contributed by atoms with Crippen molar-refractivity contribution in [2.75, 3.05) is 5.75 Å². The molecule has 0 saturated heterocycles. The highest BCUT2D eigenvalue weighted by molar-refractivity contribution is 8.00. The van der Waals surface area contributed by atoms with Crippen LogP contribution in [0.3, 0.4) is 0 Å². The Balaban J connectivity index is 1.66. The highest BCUT2D eigenvalue weighted by atomic mass is 32.2. The van der Waals surface area contributed by atoms with Crippen LogP contribution in [0.4, 0.5) is 4.39 Å². The summed E-state index contributed by atoms with van der Waals surface area (Å²) in [5, 5.41) is 5.10. The van der Waals surface area contributed by atoms with Gasteiger partial charge in [-0.2, -0.15) is 0 Å². The standard InChI is InChI=1S/C19H16FNOS2/c20-15-8-10-16(11-9-15)24-13-18(22)21-19(17-7-4-12-23-17)14-5-2-1-3-6-14/h1-12,19H,13H2,(H,21,22). The molecule has 1 heterocycles. The summed E-state index contributed by atoms with van der Waals surface area (Å²) >= 11 is 3.02.